The highest BCUT2D eigenvalue weighted by Gasteiger charge is 2.34. The fourth-order valence-electron chi connectivity index (χ4n) is 2.36. The number of carbonyl (C=O) groups excluding carboxylic acids is 1. The van der Waals surface area contributed by atoms with Crippen LogP contribution in [0.25, 0.3) is 0 Å². The van der Waals surface area contributed by atoms with Gasteiger partial charge in [-0.3, -0.25) is 4.79 Å². The maximum atomic E-state index is 12.4. The van der Waals surface area contributed by atoms with Crippen LogP contribution in [0.3, 0.4) is 0 Å². The SMILES string of the molecule is CC(CN)C(=O)N(Cc1ccc(C(C)C)cc1)C1CC1.Cl. The van der Waals surface area contributed by atoms with Crippen LogP contribution in [0.2, 0.25) is 0 Å². The smallest absolute Gasteiger partial charge is 0.227 e. The van der Waals surface area contributed by atoms with Crippen molar-refractivity contribution in [2.75, 3.05) is 6.54 Å². The van der Waals surface area contributed by atoms with Crippen molar-refractivity contribution >= 4 is 18.3 Å². The fourth-order valence-corrected chi connectivity index (χ4v) is 2.36. The Morgan fingerprint density at radius 1 is 1.24 bits per heavy atom. The van der Waals surface area contributed by atoms with Crippen molar-refractivity contribution in [1.29, 1.82) is 0 Å². The molecule has 0 aromatic heterocycles. The molecule has 3 nitrogen and oxygen atoms in total. The zero-order valence-corrected chi connectivity index (χ0v) is 14.0. The molecular formula is C17H27ClN2O. The number of amides is 1. The van der Waals surface area contributed by atoms with Crippen molar-refractivity contribution in [3.05, 3.63) is 35.4 Å². The summed E-state index contributed by atoms with van der Waals surface area (Å²) in [6, 6.07) is 9.06. The molecule has 1 saturated carbocycles. The van der Waals surface area contributed by atoms with Crippen LogP contribution in [0.15, 0.2) is 24.3 Å². The Bertz CT molecular complexity index is 454. The van der Waals surface area contributed by atoms with Gasteiger partial charge in [-0.2, -0.15) is 0 Å². The molecule has 2 N–H and O–H groups in total. The third kappa shape index (κ3) is 4.72. The summed E-state index contributed by atoms with van der Waals surface area (Å²) in [5.41, 5.74) is 8.18. The zero-order valence-electron chi connectivity index (χ0n) is 13.2. The lowest BCUT2D eigenvalue weighted by atomic mass is 10.0. The minimum atomic E-state index is -0.0782. The van der Waals surface area contributed by atoms with Crippen LogP contribution in [0.1, 0.15) is 50.7 Å². The second-order valence-electron chi connectivity index (χ2n) is 6.23. The molecule has 1 aliphatic carbocycles. The Balaban J connectivity index is 0.00000220. The number of rotatable bonds is 6. The van der Waals surface area contributed by atoms with Gasteiger partial charge in [-0.05, 0) is 29.9 Å². The van der Waals surface area contributed by atoms with E-state index >= 15 is 0 Å². The third-order valence-corrected chi connectivity index (χ3v) is 4.05. The summed E-state index contributed by atoms with van der Waals surface area (Å²) in [5.74, 6) is 0.663. The first kappa shape index (κ1) is 18.0. The molecule has 1 atom stereocenters. The van der Waals surface area contributed by atoms with E-state index in [2.05, 4.69) is 38.1 Å². The molecule has 2 rings (SSSR count). The monoisotopic (exact) mass is 310 g/mol. The molecule has 21 heavy (non-hydrogen) atoms. The van der Waals surface area contributed by atoms with E-state index in [0.29, 0.717) is 25.0 Å². The van der Waals surface area contributed by atoms with Crippen LogP contribution >= 0.6 is 12.4 Å². The third-order valence-electron chi connectivity index (χ3n) is 4.05. The number of halogens is 1. The van der Waals surface area contributed by atoms with Gasteiger partial charge in [0.15, 0.2) is 0 Å². The summed E-state index contributed by atoms with van der Waals surface area (Å²) in [6.45, 7) is 7.44. The molecule has 1 unspecified atom stereocenters. The van der Waals surface area contributed by atoms with Crippen molar-refractivity contribution < 1.29 is 4.79 Å². The molecule has 4 heteroatoms. The maximum Gasteiger partial charge on any atom is 0.227 e. The highest BCUT2D eigenvalue weighted by molar-refractivity contribution is 5.85. The van der Waals surface area contributed by atoms with E-state index in [9.17, 15) is 4.79 Å². The molecule has 1 aromatic rings. The molecule has 1 amide bonds. The Kier molecular flexibility index (Phi) is 6.69. The molecule has 0 spiro atoms. The van der Waals surface area contributed by atoms with Crippen LogP contribution in [-0.2, 0) is 11.3 Å². The van der Waals surface area contributed by atoms with E-state index in [-0.39, 0.29) is 24.2 Å². The molecule has 118 valence electrons. The standard InChI is InChI=1S/C17H26N2O.ClH/c1-12(2)15-6-4-14(5-7-15)11-19(16-8-9-16)17(20)13(3)10-18;/h4-7,12-13,16H,8-11,18H2,1-3H3;1H. The van der Waals surface area contributed by atoms with Gasteiger partial charge in [0.2, 0.25) is 5.91 Å². The van der Waals surface area contributed by atoms with Crippen molar-refractivity contribution in [1.82, 2.24) is 4.90 Å². The van der Waals surface area contributed by atoms with Gasteiger partial charge in [-0.1, -0.05) is 45.0 Å². The highest BCUT2D eigenvalue weighted by Crippen LogP contribution is 2.29. The molecule has 0 aliphatic heterocycles. The predicted molar refractivity (Wildman–Crippen MR) is 89.6 cm³/mol. The van der Waals surface area contributed by atoms with Crippen LogP contribution in [0.5, 0.6) is 0 Å². The van der Waals surface area contributed by atoms with E-state index < -0.39 is 0 Å². The Hall–Kier alpha value is -1.06. The fraction of sp³-hybridized carbons (Fsp3) is 0.588. The largest absolute Gasteiger partial charge is 0.335 e. The van der Waals surface area contributed by atoms with Crippen molar-refractivity contribution in [3.63, 3.8) is 0 Å². The maximum absolute atomic E-state index is 12.4. The van der Waals surface area contributed by atoms with Crippen LogP contribution in [0, 0.1) is 5.92 Å². The number of nitrogens with two attached hydrogens (primary N) is 1. The summed E-state index contributed by atoms with van der Waals surface area (Å²) in [5, 5.41) is 0. The lowest BCUT2D eigenvalue weighted by Gasteiger charge is -2.25. The van der Waals surface area contributed by atoms with E-state index in [1.807, 2.05) is 11.8 Å². The summed E-state index contributed by atoms with van der Waals surface area (Å²) in [6.07, 6.45) is 2.26. The van der Waals surface area contributed by atoms with Gasteiger partial charge >= 0.3 is 0 Å². The molecule has 0 radical (unpaired) electrons. The molecular weight excluding hydrogens is 284 g/mol. The topological polar surface area (TPSA) is 46.3 Å². The minimum absolute atomic E-state index is 0. The van der Waals surface area contributed by atoms with Crippen molar-refractivity contribution in [2.45, 2.75) is 52.1 Å². The van der Waals surface area contributed by atoms with E-state index in [0.717, 1.165) is 12.8 Å². The molecule has 1 aliphatic rings. The van der Waals surface area contributed by atoms with E-state index in [4.69, 9.17) is 5.73 Å². The first-order valence-corrected chi connectivity index (χ1v) is 7.62. The summed E-state index contributed by atoms with van der Waals surface area (Å²) in [7, 11) is 0. The van der Waals surface area contributed by atoms with Crippen LogP contribution in [0.4, 0.5) is 0 Å². The van der Waals surface area contributed by atoms with Gasteiger partial charge in [-0.15, -0.1) is 12.4 Å². The van der Waals surface area contributed by atoms with Gasteiger partial charge in [0.1, 0.15) is 0 Å². The number of hydrogen-bond acceptors (Lipinski definition) is 2. The van der Waals surface area contributed by atoms with Crippen LogP contribution < -0.4 is 5.73 Å². The second-order valence-corrected chi connectivity index (χ2v) is 6.23. The van der Waals surface area contributed by atoms with Gasteiger partial charge in [0.05, 0.1) is 0 Å². The minimum Gasteiger partial charge on any atom is -0.335 e. The number of carbonyl (C=O) groups is 1. The van der Waals surface area contributed by atoms with Crippen LogP contribution in [-0.4, -0.2) is 23.4 Å². The number of nitrogens with zero attached hydrogens (tertiary/aromatic N) is 1. The van der Waals surface area contributed by atoms with Gasteiger partial charge in [0, 0.05) is 25.0 Å². The first-order chi connectivity index (χ1) is 9.52. The summed E-state index contributed by atoms with van der Waals surface area (Å²) >= 11 is 0. The summed E-state index contributed by atoms with van der Waals surface area (Å²) < 4.78 is 0. The zero-order chi connectivity index (χ0) is 14.7. The van der Waals surface area contributed by atoms with Gasteiger partial charge in [0.25, 0.3) is 0 Å². The van der Waals surface area contributed by atoms with E-state index in [1.54, 1.807) is 0 Å². The second kappa shape index (κ2) is 7.81. The average Bonchev–Trinajstić information content (AvgIpc) is 3.28. The number of benzene rings is 1. The predicted octanol–water partition coefficient (Wildman–Crippen LogP) is 3.32. The Labute approximate surface area is 134 Å². The molecule has 0 saturated heterocycles. The highest BCUT2D eigenvalue weighted by atomic mass is 35.5. The average molecular weight is 311 g/mol. The molecule has 1 fully saturated rings. The van der Waals surface area contributed by atoms with Crippen molar-refractivity contribution in [3.8, 4) is 0 Å². The lowest BCUT2D eigenvalue weighted by molar-refractivity contribution is -0.135. The van der Waals surface area contributed by atoms with Gasteiger partial charge in [-0.25, -0.2) is 0 Å². The van der Waals surface area contributed by atoms with Gasteiger partial charge < -0.3 is 10.6 Å². The normalized spacial score (nSPS) is 15.5. The Morgan fingerprint density at radius 3 is 2.24 bits per heavy atom. The first-order valence-electron chi connectivity index (χ1n) is 7.62. The Morgan fingerprint density at radius 2 is 1.81 bits per heavy atom. The number of hydrogen-bond donors (Lipinski definition) is 1. The quantitative estimate of drug-likeness (QED) is 0.876. The van der Waals surface area contributed by atoms with Crippen molar-refractivity contribution in [2.24, 2.45) is 11.7 Å². The molecule has 1 aromatic carbocycles. The molecule has 0 heterocycles. The lowest BCUT2D eigenvalue weighted by Crippen LogP contribution is -2.38. The van der Waals surface area contributed by atoms with E-state index in [1.165, 1.54) is 11.1 Å². The molecule has 0 bridgehead atoms. The summed E-state index contributed by atoms with van der Waals surface area (Å²) in [4.78, 5) is 14.4.